The van der Waals surface area contributed by atoms with Gasteiger partial charge in [0, 0.05) is 32.6 Å². The van der Waals surface area contributed by atoms with Gasteiger partial charge in [-0.15, -0.1) is 6.42 Å². The lowest BCUT2D eigenvalue weighted by atomic mass is 9.87. The number of nitrogens with one attached hydrogen (secondary N) is 1. The van der Waals surface area contributed by atoms with Crippen molar-refractivity contribution in [2.45, 2.75) is 77.0 Å². The van der Waals surface area contributed by atoms with Crippen molar-refractivity contribution in [3.63, 3.8) is 0 Å². The van der Waals surface area contributed by atoms with E-state index in [1.807, 2.05) is 0 Å². The molecule has 0 aliphatic carbocycles. The predicted molar refractivity (Wildman–Crippen MR) is 159 cm³/mol. The van der Waals surface area contributed by atoms with Crippen LogP contribution in [0.2, 0.25) is 0 Å². The van der Waals surface area contributed by atoms with E-state index in [4.69, 9.17) is 49.8 Å². The van der Waals surface area contributed by atoms with Gasteiger partial charge in [-0.3, -0.25) is 24.0 Å². The zero-order valence-electron chi connectivity index (χ0n) is 26.9. The van der Waals surface area contributed by atoms with Crippen LogP contribution in [0.3, 0.4) is 0 Å². The van der Waals surface area contributed by atoms with Gasteiger partial charge in [0.1, 0.15) is 30.7 Å². The molecular weight excluding hydrogens is 640 g/mol. The predicted octanol–water partition coefficient (Wildman–Crippen LogP) is 1.03. The van der Waals surface area contributed by atoms with Crippen LogP contribution in [0.15, 0.2) is 29.4 Å². The molecule has 1 saturated heterocycles. The van der Waals surface area contributed by atoms with E-state index in [0.29, 0.717) is 11.3 Å². The summed E-state index contributed by atoms with van der Waals surface area (Å²) in [5.74, 6) is -5.14. The Balaban J connectivity index is 2.71. The molecule has 0 radical (unpaired) electrons. The lowest BCUT2D eigenvalue weighted by Gasteiger charge is -2.48. The maximum Gasteiger partial charge on any atom is 0.366 e. The first-order chi connectivity index (χ1) is 22.7. The number of terminal acetylenes is 1. The van der Waals surface area contributed by atoms with E-state index in [2.05, 4.69) is 21.3 Å². The van der Waals surface area contributed by atoms with E-state index < -0.39 is 91.6 Å². The van der Waals surface area contributed by atoms with Gasteiger partial charge in [0.2, 0.25) is 0 Å². The molecule has 48 heavy (non-hydrogen) atoms. The van der Waals surface area contributed by atoms with Crippen LogP contribution in [0, 0.1) is 12.3 Å². The van der Waals surface area contributed by atoms with E-state index >= 15 is 0 Å². The number of benzene rings is 1. The molecule has 6 atom stereocenters. The van der Waals surface area contributed by atoms with Crippen molar-refractivity contribution >= 4 is 35.8 Å². The highest BCUT2D eigenvalue weighted by molar-refractivity contribution is 5.81. The highest BCUT2D eigenvalue weighted by atomic mass is 16.7. The number of azide groups is 1. The minimum atomic E-state index is -2.41. The van der Waals surface area contributed by atoms with Crippen molar-refractivity contribution in [3.05, 3.63) is 40.3 Å². The normalized spacial score (nSPS) is 21.0. The Morgan fingerprint density at radius 1 is 1.06 bits per heavy atom. The fourth-order valence-electron chi connectivity index (χ4n) is 4.64. The lowest BCUT2D eigenvalue weighted by molar-refractivity contribution is -0.316. The minimum Gasteiger partial charge on any atom is -0.481 e. The molecule has 0 aromatic heterocycles. The number of hydrogen-bond donors (Lipinski definition) is 1. The van der Waals surface area contributed by atoms with Gasteiger partial charge >= 0.3 is 29.8 Å². The number of carbonyl (C=O) groups excluding carboxylic acids is 6. The molecule has 18 heteroatoms. The van der Waals surface area contributed by atoms with Crippen molar-refractivity contribution in [2.75, 3.05) is 26.9 Å². The molecule has 1 N–H and O–H groups in total. The van der Waals surface area contributed by atoms with Crippen LogP contribution in [0.25, 0.3) is 10.4 Å². The number of rotatable bonds is 16. The summed E-state index contributed by atoms with van der Waals surface area (Å²) in [7, 11) is 1.03. The number of ether oxygens (including phenoxy) is 8. The molecule has 1 aliphatic rings. The number of hydrogen-bond acceptors (Lipinski definition) is 15. The first-order valence-electron chi connectivity index (χ1n) is 14.3. The Bertz CT molecular complexity index is 1420. The molecular formula is C30H36N4O14. The standard InChI is InChI=1S/C30H36N4O14/c1-7-12-42-22-10-8-21(9-11-22)15-44-30(29(40)41-6)13-23(45-18(3)36)26(33-25(39)16-43-17(2)35)28(48-30)27(47-20(5)38)24(14-32-34-31)46-19(4)37/h1,8-11,23-24,26-28H,12-16H2,2-6H3,(H,33,39)/t23-,24+,26+,27+,28+,30+/m0/s1. The Labute approximate surface area is 275 Å². The summed E-state index contributed by atoms with van der Waals surface area (Å²) in [5.41, 5.74) is 9.49. The maximum atomic E-state index is 13.5. The molecule has 0 spiro atoms. The third-order valence-corrected chi connectivity index (χ3v) is 6.45. The summed E-state index contributed by atoms with van der Waals surface area (Å²) in [5, 5.41) is 5.92. The Morgan fingerprint density at radius 2 is 1.73 bits per heavy atom. The molecule has 1 aromatic carbocycles. The molecule has 0 unspecified atom stereocenters. The van der Waals surface area contributed by atoms with Gasteiger partial charge in [0.15, 0.2) is 12.7 Å². The van der Waals surface area contributed by atoms with Crippen LogP contribution >= 0.6 is 0 Å². The fourth-order valence-corrected chi connectivity index (χ4v) is 4.64. The van der Waals surface area contributed by atoms with E-state index in [-0.39, 0.29) is 13.2 Å². The second-order valence-electron chi connectivity index (χ2n) is 10.1. The summed E-state index contributed by atoms with van der Waals surface area (Å²) >= 11 is 0. The number of esters is 5. The lowest BCUT2D eigenvalue weighted by Crippen LogP contribution is -2.69. The quantitative estimate of drug-likeness (QED) is 0.0643. The van der Waals surface area contributed by atoms with Crippen LogP contribution in [-0.4, -0.2) is 98.9 Å². The smallest absolute Gasteiger partial charge is 0.366 e. The SMILES string of the molecule is C#CCOc1ccc(CO[C@]2(C(=O)OC)C[C@H](OC(C)=O)[C@@H](NC(=O)COC(C)=O)[C@H]([C@H](OC(C)=O)[C@@H](CN=[N+]=[N-])OC(C)=O)O2)cc1. The zero-order chi connectivity index (χ0) is 35.9. The number of carbonyl (C=O) groups is 6. The Hall–Kier alpha value is -5.37. The second-order valence-corrected chi connectivity index (χ2v) is 10.1. The monoisotopic (exact) mass is 676 g/mol. The third-order valence-electron chi connectivity index (χ3n) is 6.45. The molecule has 1 fully saturated rings. The topological polar surface area (TPSA) is 237 Å². The zero-order valence-corrected chi connectivity index (χ0v) is 26.9. The largest absolute Gasteiger partial charge is 0.481 e. The van der Waals surface area contributed by atoms with Crippen molar-refractivity contribution < 1.29 is 66.7 Å². The highest BCUT2D eigenvalue weighted by Gasteiger charge is 2.59. The molecule has 1 aliphatic heterocycles. The van der Waals surface area contributed by atoms with E-state index in [0.717, 1.165) is 34.8 Å². The first kappa shape index (κ1) is 38.8. The van der Waals surface area contributed by atoms with Gasteiger partial charge in [0.25, 0.3) is 11.7 Å². The molecule has 1 amide bonds. The van der Waals surface area contributed by atoms with Crippen LogP contribution in [-0.2, 0) is 68.5 Å². The van der Waals surface area contributed by atoms with Gasteiger partial charge in [-0.1, -0.05) is 23.2 Å². The van der Waals surface area contributed by atoms with Crippen LogP contribution in [0.1, 0.15) is 39.7 Å². The first-order valence-corrected chi connectivity index (χ1v) is 14.3. The highest BCUT2D eigenvalue weighted by Crippen LogP contribution is 2.37. The summed E-state index contributed by atoms with van der Waals surface area (Å²) in [6, 6.07) is 4.92. The maximum absolute atomic E-state index is 13.5. The van der Waals surface area contributed by atoms with Crippen molar-refractivity contribution in [1.82, 2.24) is 5.32 Å². The van der Waals surface area contributed by atoms with E-state index in [9.17, 15) is 28.8 Å². The molecule has 1 aromatic rings. The van der Waals surface area contributed by atoms with Crippen LogP contribution < -0.4 is 10.1 Å². The van der Waals surface area contributed by atoms with Crippen molar-refractivity contribution in [3.8, 4) is 18.1 Å². The summed E-state index contributed by atoms with van der Waals surface area (Å²) < 4.78 is 43.7. The van der Waals surface area contributed by atoms with Gasteiger partial charge < -0.3 is 43.2 Å². The average molecular weight is 677 g/mol. The van der Waals surface area contributed by atoms with Crippen molar-refractivity contribution in [1.29, 1.82) is 0 Å². The molecule has 0 bridgehead atoms. The molecule has 0 saturated carbocycles. The Morgan fingerprint density at radius 3 is 2.27 bits per heavy atom. The fraction of sp³-hybridized carbons (Fsp3) is 0.533. The molecule has 260 valence electrons. The second kappa shape index (κ2) is 18.7. The third kappa shape index (κ3) is 11.8. The van der Waals surface area contributed by atoms with Gasteiger partial charge in [-0.25, -0.2) is 4.79 Å². The van der Waals surface area contributed by atoms with E-state index in [1.165, 1.54) is 0 Å². The summed E-state index contributed by atoms with van der Waals surface area (Å²) in [6.07, 6.45) is -1.89. The van der Waals surface area contributed by atoms with E-state index in [1.54, 1.807) is 24.3 Å². The van der Waals surface area contributed by atoms with Gasteiger partial charge in [0.05, 0.1) is 32.7 Å². The summed E-state index contributed by atoms with van der Waals surface area (Å²) in [6.45, 7) is 2.49. The summed E-state index contributed by atoms with van der Waals surface area (Å²) in [4.78, 5) is 77.2. The van der Waals surface area contributed by atoms with Crippen molar-refractivity contribution in [2.24, 2.45) is 5.11 Å². The number of methoxy groups -OCH3 is 1. The molecule has 18 nitrogen and oxygen atoms in total. The van der Waals surface area contributed by atoms with Crippen LogP contribution in [0.5, 0.6) is 5.75 Å². The van der Waals surface area contributed by atoms with Crippen LogP contribution in [0.4, 0.5) is 0 Å². The Kier molecular flexibility index (Phi) is 15.1. The number of amides is 1. The molecule has 2 rings (SSSR count). The van der Waals surface area contributed by atoms with Gasteiger partial charge in [-0.2, -0.15) is 0 Å². The minimum absolute atomic E-state index is 0.0319. The number of nitrogens with zero attached hydrogens (tertiary/aromatic N) is 3. The average Bonchev–Trinajstić information content (AvgIpc) is 3.03. The van der Waals surface area contributed by atoms with Gasteiger partial charge in [-0.05, 0) is 23.2 Å². The molecule has 1 heterocycles.